The highest BCUT2D eigenvalue weighted by Gasteiger charge is 2.16. The Balaban J connectivity index is 3.50. The molecule has 0 amide bonds. The Kier molecular flexibility index (Phi) is 3.24. The number of halogens is 3. The van der Waals surface area contributed by atoms with Crippen LogP contribution in [0.25, 0.3) is 0 Å². The topological polar surface area (TPSA) is 54.4 Å². The first-order valence-electron chi connectivity index (χ1n) is 2.94. The maximum Gasteiger partial charge on any atom is 0.296 e. The molecule has 0 radical (unpaired) electrons. The molecule has 0 aliphatic heterocycles. The second kappa shape index (κ2) is 3.74. The first-order chi connectivity index (χ1) is 5.82. The average molecular weight is 306 g/mol. The standard InChI is InChI=1S/C6H3BrCl2O3S/c7-3-1-6(13(10,11)12)5(9)2-4(3)8/h1-2H,(H,10,11,12). The van der Waals surface area contributed by atoms with Crippen molar-refractivity contribution in [1.29, 1.82) is 0 Å². The van der Waals surface area contributed by atoms with Crippen LogP contribution in [0.1, 0.15) is 0 Å². The molecule has 0 spiro atoms. The van der Waals surface area contributed by atoms with Crippen LogP contribution in [0.4, 0.5) is 0 Å². The van der Waals surface area contributed by atoms with E-state index in [9.17, 15) is 8.42 Å². The fraction of sp³-hybridized carbons (Fsp3) is 0. The molecule has 72 valence electrons. The predicted molar refractivity (Wildman–Crippen MR) is 54.0 cm³/mol. The van der Waals surface area contributed by atoms with E-state index in [0.717, 1.165) is 6.07 Å². The van der Waals surface area contributed by atoms with Crippen molar-refractivity contribution in [3.8, 4) is 0 Å². The van der Waals surface area contributed by atoms with Gasteiger partial charge in [-0.05, 0) is 28.1 Å². The largest absolute Gasteiger partial charge is 0.296 e. The summed E-state index contributed by atoms with van der Waals surface area (Å²) >= 11 is 14.2. The molecule has 0 atom stereocenters. The fourth-order valence-electron chi connectivity index (χ4n) is 0.702. The minimum atomic E-state index is -4.29. The molecule has 1 aromatic rings. The van der Waals surface area contributed by atoms with E-state index < -0.39 is 10.1 Å². The van der Waals surface area contributed by atoms with Crippen molar-refractivity contribution < 1.29 is 13.0 Å². The van der Waals surface area contributed by atoms with Crippen LogP contribution >= 0.6 is 39.1 Å². The van der Waals surface area contributed by atoms with E-state index in [1.54, 1.807) is 0 Å². The van der Waals surface area contributed by atoms with E-state index in [1.165, 1.54) is 6.07 Å². The van der Waals surface area contributed by atoms with Crippen LogP contribution in [-0.4, -0.2) is 13.0 Å². The third-order valence-corrected chi connectivity index (χ3v) is 3.77. The van der Waals surface area contributed by atoms with E-state index in [4.69, 9.17) is 27.8 Å². The van der Waals surface area contributed by atoms with Crippen molar-refractivity contribution in [2.24, 2.45) is 0 Å². The van der Waals surface area contributed by atoms with Gasteiger partial charge in [0.1, 0.15) is 4.90 Å². The van der Waals surface area contributed by atoms with Crippen molar-refractivity contribution in [3.05, 3.63) is 26.7 Å². The van der Waals surface area contributed by atoms with E-state index in [0.29, 0.717) is 4.47 Å². The first-order valence-corrected chi connectivity index (χ1v) is 5.93. The summed E-state index contributed by atoms with van der Waals surface area (Å²) < 4.78 is 30.5. The van der Waals surface area contributed by atoms with Gasteiger partial charge in [-0.3, -0.25) is 4.55 Å². The number of rotatable bonds is 1. The molecule has 1 aromatic carbocycles. The molecule has 0 bridgehead atoms. The summed E-state index contributed by atoms with van der Waals surface area (Å²) in [6.45, 7) is 0. The summed E-state index contributed by atoms with van der Waals surface area (Å²) in [6.07, 6.45) is 0. The highest BCUT2D eigenvalue weighted by molar-refractivity contribution is 9.10. The molecular weight excluding hydrogens is 303 g/mol. The summed E-state index contributed by atoms with van der Waals surface area (Å²) in [5.74, 6) is 0. The minimum Gasteiger partial charge on any atom is -0.282 e. The fourth-order valence-corrected chi connectivity index (χ4v) is 2.44. The lowest BCUT2D eigenvalue weighted by atomic mass is 10.4. The molecule has 0 heterocycles. The van der Waals surface area contributed by atoms with Gasteiger partial charge in [0.05, 0.1) is 10.0 Å². The van der Waals surface area contributed by atoms with Gasteiger partial charge in [0.25, 0.3) is 10.1 Å². The Morgan fingerprint density at radius 2 is 1.77 bits per heavy atom. The van der Waals surface area contributed by atoms with Gasteiger partial charge < -0.3 is 0 Å². The first kappa shape index (κ1) is 11.3. The van der Waals surface area contributed by atoms with Crippen LogP contribution in [-0.2, 0) is 10.1 Å². The van der Waals surface area contributed by atoms with Gasteiger partial charge in [0, 0.05) is 4.47 Å². The van der Waals surface area contributed by atoms with Gasteiger partial charge in [0.2, 0.25) is 0 Å². The van der Waals surface area contributed by atoms with E-state index in [2.05, 4.69) is 15.9 Å². The second-order valence-electron chi connectivity index (χ2n) is 2.17. The third kappa shape index (κ3) is 2.57. The third-order valence-electron chi connectivity index (χ3n) is 1.25. The van der Waals surface area contributed by atoms with Gasteiger partial charge in [0.15, 0.2) is 0 Å². The summed E-state index contributed by atoms with van der Waals surface area (Å²) in [7, 11) is -4.29. The van der Waals surface area contributed by atoms with Crippen molar-refractivity contribution >= 4 is 49.2 Å². The van der Waals surface area contributed by atoms with Crippen molar-refractivity contribution in [3.63, 3.8) is 0 Å². The Hall–Kier alpha value is 0.190. The smallest absolute Gasteiger partial charge is 0.282 e. The Labute approximate surface area is 93.5 Å². The van der Waals surface area contributed by atoms with Gasteiger partial charge in [-0.15, -0.1) is 0 Å². The van der Waals surface area contributed by atoms with E-state index >= 15 is 0 Å². The molecule has 0 saturated carbocycles. The normalized spacial score (nSPS) is 11.7. The highest BCUT2D eigenvalue weighted by atomic mass is 79.9. The quantitative estimate of drug-likeness (QED) is 0.641. The summed E-state index contributed by atoms with van der Waals surface area (Å²) in [4.78, 5) is -0.370. The maximum absolute atomic E-state index is 10.7. The van der Waals surface area contributed by atoms with Crippen molar-refractivity contribution in [1.82, 2.24) is 0 Å². The molecule has 1 N–H and O–H groups in total. The zero-order valence-corrected chi connectivity index (χ0v) is 9.87. The molecule has 7 heteroatoms. The van der Waals surface area contributed by atoms with Crippen LogP contribution < -0.4 is 0 Å². The summed E-state index contributed by atoms with van der Waals surface area (Å²) in [5.41, 5.74) is 0. The van der Waals surface area contributed by atoms with Crippen LogP contribution in [0.2, 0.25) is 10.0 Å². The van der Waals surface area contributed by atoms with Gasteiger partial charge >= 0.3 is 0 Å². The van der Waals surface area contributed by atoms with Gasteiger partial charge in [-0.1, -0.05) is 23.2 Å². The highest BCUT2D eigenvalue weighted by Crippen LogP contribution is 2.31. The van der Waals surface area contributed by atoms with Crippen molar-refractivity contribution in [2.45, 2.75) is 4.90 Å². The molecule has 0 unspecified atom stereocenters. The lowest BCUT2D eigenvalue weighted by Gasteiger charge is -2.02. The van der Waals surface area contributed by atoms with Gasteiger partial charge in [-0.25, -0.2) is 0 Å². The molecule has 0 aliphatic rings. The lowest BCUT2D eigenvalue weighted by molar-refractivity contribution is 0.483. The predicted octanol–water partition coefficient (Wildman–Crippen LogP) is 3.00. The van der Waals surface area contributed by atoms with Crippen LogP contribution in [0.15, 0.2) is 21.5 Å². The Bertz CT molecular complexity index is 443. The van der Waals surface area contributed by atoms with Crippen LogP contribution in [0.3, 0.4) is 0 Å². The zero-order chi connectivity index (χ0) is 10.2. The molecule has 1 rings (SSSR count). The second-order valence-corrected chi connectivity index (χ2v) is 5.23. The maximum atomic E-state index is 10.7. The summed E-state index contributed by atoms with van der Waals surface area (Å²) in [5, 5.41) is 0.160. The van der Waals surface area contributed by atoms with Gasteiger partial charge in [-0.2, -0.15) is 8.42 Å². The SMILES string of the molecule is O=S(=O)(O)c1cc(Br)c(Cl)cc1Cl. The number of hydrogen-bond donors (Lipinski definition) is 1. The summed E-state index contributed by atoms with van der Waals surface area (Å²) in [6, 6.07) is 2.37. The van der Waals surface area contributed by atoms with Crippen molar-refractivity contribution in [2.75, 3.05) is 0 Å². The Morgan fingerprint density at radius 3 is 2.23 bits per heavy atom. The van der Waals surface area contributed by atoms with Crippen LogP contribution in [0.5, 0.6) is 0 Å². The molecule has 0 fully saturated rings. The lowest BCUT2D eigenvalue weighted by Crippen LogP contribution is -1.99. The van der Waals surface area contributed by atoms with E-state index in [1.807, 2.05) is 0 Å². The molecule has 0 saturated heterocycles. The monoisotopic (exact) mass is 304 g/mol. The van der Waals surface area contributed by atoms with Crippen LogP contribution in [0, 0.1) is 0 Å². The van der Waals surface area contributed by atoms with E-state index in [-0.39, 0.29) is 14.9 Å². The Morgan fingerprint density at radius 1 is 1.23 bits per heavy atom. The number of benzene rings is 1. The molecule has 0 aromatic heterocycles. The average Bonchev–Trinajstić information content (AvgIpc) is 1.94. The molecule has 0 aliphatic carbocycles. The minimum absolute atomic E-state index is 0.115. The molecule has 13 heavy (non-hydrogen) atoms. The zero-order valence-electron chi connectivity index (χ0n) is 5.96. The number of hydrogen-bond acceptors (Lipinski definition) is 2. The molecular formula is C6H3BrCl2O3S. The molecule has 3 nitrogen and oxygen atoms in total.